The summed E-state index contributed by atoms with van der Waals surface area (Å²) < 4.78 is 9.37. The Morgan fingerprint density at radius 2 is 2.00 bits per heavy atom. The van der Waals surface area contributed by atoms with Crippen LogP contribution in [0.15, 0.2) is 0 Å². The zero-order valence-electron chi connectivity index (χ0n) is 8.86. The maximum atomic E-state index is 11.5. The first-order chi connectivity index (χ1) is 7.04. The van der Waals surface area contributed by atoms with Crippen LogP contribution in [0.25, 0.3) is 0 Å². The molecule has 3 aliphatic carbocycles. The van der Waals surface area contributed by atoms with E-state index in [4.69, 9.17) is 10.5 Å². The molecule has 0 aliphatic heterocycles. The van der Waals surface area contributed by atoms with Crippen molar-refractivity contribution < 1.29 is 19.1 Å². The molecule has 4 atom stereocenters. The van der Waals surface area contributed by atoms with E-state index in [-0.39, 0.29) is 23.7 Å². The minimum atomic E-state index is -0.974. The second-order valence-corrected chi connectivity index (χ2v) is 4.39. The predicted octanol–water partition coefficient (Wildman–Crippen LogP) is -0.314. The molecule has 0 aromatic heterocycles. The van der Waals surface area contributed by atoms with E-state index in [1.54, 1.807) is 0 Å². The van der Waals surface area contributed by atoms with Crippen LogP contribution in [0, 0.1) is 17.8 Å². The summed E-state index contributed by atoms with van der Waals surface area (Å²) in [6.07, 6.45) is 1.36. The zero-order chi connectivity index (χ0) is 11.2. The van der Waals surface area contributed by atoms with Gasteiger partial charge in [-0.25, -0.2) is 0 Å². The summed E-state index contributed by atoms with van der Waals surface area (Å²) >= 11 is 0. The Morgan fingerprint density at radius 1 is 1.33 bits per heavy atom. The molecule has 0 heterocycles. The van der Waals surface area contributed by atoms with E-state index < -0.39 is 11.5 Å². The van der Waals surface area contributed by atoms with Crippen LogP contribution < -0.4 is 5.73 Å². The molecule has 3 rings (SSSR count). The number of hydrogen-bond donors (Lipinski definition) is 1. The summed E-state index contributed by atoms with van der Waals surface area (Å²) in [5.74, 6) is -0.804. The van der Waals surface area contributed by atoms with Crippen LogP contribution in [0.2, 0.25) is 0 Å². The molecule has 0 aromatic carbocycles. The molecule has 2 bridgehead atoms. The van der Waals surface area contributed by atoms with E-state index in [1.807, 2.05) is 0 Å². The summed E-state index contributed by atoms with van der Waals surface area (Å²) in [4.78, 5) is 23.0. The molecule has 5 nitrogen and oxygen atoms in total. The van der Waals surface area contributed by atoms with E-state index in [0.717, 1.165) is 6.42 Å². The number of methoxy groups -OCH3 is 2. The van der Waals surface area contributed by atoms with Gasteiger partial charge in [0.1, 0.15) is 5.54 Å². The number of nitrogens with two attached hydrogens (primary N) is 1. The highest BCUT2D eigenvalue weighted by Gasteiger charge is 2.66. The van der Waals surface area contributed by atoms with Crippen molar-refractivity contribution in [3.8, 4) is 0 Å². The zero-order valence-corrected chi connectivity index (χ0v) is 8.86. The van der Waals surface area contributed by atoms with Crippen molar-refractivity contribution in [3.05, 3.63) is 0 Å². The molecule has 0 unspecified atom stereocenters. The van der Waals surface area contributed by atoms with E-state index in [0.29, 0.717) is 6.42 Å². The van der Waals surface area contributed by atoms with Crippen LogP contribution in [-0.2, 0) is 19.1 Å². The third-order valence-corrected chi connectivity index (χ3v) is 3.80. The van der Waals surface area contributed by atoms with Gasteiger partial charge in [-0.15, -0.1) is 0 Å². The highest BCUT2D eigenvalue weighted by atomic mass is 16.5. The molecule has 0 aromatic rings. The van der Waals surface area contributed by atoms with Gasteiger partial charge in [-0.1, -0.05) is 0 Å². The lowest BCUT2D eigenvalue weighted by atomic mass is 9.69. The van der Waals surface area contributed by atoms with Crippen molar-refractivity contribution >= 4 is 11.9 Å². The predicted molar refractivity (Wildman–Crippen MR) is 50.7 cm³/mol. The fraction of sp³-hybridized carbons (Fsp3) is 0.800. The second kappa shape index (κ2) is 3.20. The van der Waals surface area contributed by atoms with Gasteiger partial charge >= 0.3 is 11.9 Å². The maximum absolute atomic E-state index is 11.5. The Morgan fingerprint density at radius 3 is 2.53 bits per heavy atom. The van der Waals surface area contributed by atoms with Crippen LogP contribution in [0.3, 0.4) is 0 Å². The number of esters is 2. The Bertz CT molecular complexity index is 317. The molecule has 0 saturated heterocycles. The molecule has 15 heavy (non-hydrogen) atoms. The first-order valence-electron chi connectivity index (χ1n) is 4.99. The molecule has 3 saturated carbocycles. The molecule has 3 aliphatic rings. The minimum Gasteiger partial charge on any atom is -0.469 e. The van der Waals surface area contributed by atoms with Crippen molar-refractivity contribution in [1.29, 1.82) is 0 Å². The van der Waals surface area contributed by atoms with Crippen LogP contribution in [0.4, 0.5) is 0 Å². The fourth-order valence-corrected chi connectivity index (χ4v) is 3.00. The van der Waals surface area contributed by atoms with Crippen LogP contribution in [0.5, 0.6) is 0 Å². The fourth-order valence-electron chi connectivity index (χ4n) is 3.00. The second-order valence-electron chi connectivity index (χ2n) is 4.39. The molecule has 0 spiro atoms. The lowest BCUT2D eigenvalue weighted by Gasteiger charge is -2.36. The monoisotopic (exact) mass is 213 g/mol. The van der Waals surface area contributed by atoms with Crippen LogP contribution in [-0.4, -0.2) is 31.7 Å². The first kappa shape index (κ1) is 10.4. The number of ether oxygens (including phenoxy) is 2. The average molecular weight is 213 g/mol. The van der Waals surface area contributed by atoms with Gasteiger partial charge in [-0.2, -0.15) is 0 Å². The molecule has 2 N–H and O–H groups in total. The van der Waals surface area contributed by atoms with Crippen molar-refractivity contribution in [1.82, 2.24) is 0 Å². The Labute approximate surface area is 87.9 Å². The number of fused-ring (bicyclic) bond motifs is 1. The van der Waals surface area contributed by atoms with Crippen molar-refractivity contribution in [3.63, 3.8) is 0 Å². The van der Waals surface area contributed by atoms with Gasteiger partial charge in [0, 0.05) is 5.92 Å². The number of carbonyl (C=O) groups is 2. The first-order valence-corrected chi connectivity index (χ1v) is 4.99. The van der Waals surface area contributed by atoms with E-state index in [1.165, 1.54) is 14.2 Å². The highest BCUT2D eigenvalue weighted by molar-refractivity contribution is 5.86. The van der Waals surface area contributed by atoms with Gasteiger partial charge in [0.15, 0.2) is 0 Å². The standard InChI is InChI=1S/C10H15NO4/c1-14-8(12)7-5-3-6(7)10(11,4-5)9(13)15-2/h5-7H,3-4,11H2,1-2H3/t5-,6-,7-,10+/m1/s1. The van der Waals surface area contributed by atoms with E-state index in [2.05, 4.69) is 4.74 Å². The molecule has 3 fully saturated rings. The van der Waals surface area contributed by atoms with Gasteiger partial charge in [0.05, 0.1) is 20.1 Å². The Balaban J connectivity index is 2.16. The summed E-state index contributed by atoms with van der Waals surface area (Å²) in [6.45, 7) is 0. The van der Waals surface area contributed by atoms with Gasteiger partial charge in [-0.05, 0) is 18.8 Å². The van der Waals surface area contributed by atoms with Crippen molar-refractivity contribution in [2.75, 3.05) is 14.2 Å². The summed E-state index contributed by atoms with van der Waals surface area (Å²) in [5, 5.41) is 0. The third-order valence-electron chi connectivity index (χ3n) is 3.80. The van der Waals surface area contributed by atoms with Gasteiger partial charge in [0.2, 0.25) is 0 Å². The molecule has 0 amide bonds. The summed E-state index contributed by atoms with van der Waals surface area (Å²) in [5.41, 5.74) is 5.02. The molecule has 0 radical (unpaired) electrons. The number of carbonyl (C=O) groups excluding carboxylic acids is 2. The molecular formula is C10H15NO4. The minimum absolute atomic E-state index is 0.109. The largest absolute Gasteiger partial charge is 0.469 e. The van der Waals surface area contributed by atoms with Crippen molar-refractivity contribution in [2.24, 2.45) is 23.5 Å². The SMILES string of the molecule is COC(=O)[C@@H]1[C@@H]2C[C@H]1[C@](N)(C(=O)OC)C2. The summed E-state index contributed by atoms with van der Waals surface area (Å²) in [7, 11) is 2.68. The lowest BCUT2D eigenvalue weighted by molar-refractivity contribution is -0.156. The Kier molecular flexibility index (Phi) is 2.22. The summed E-state index contributed by atoms with van der Waals surface area (Å²) in [6, 6.07) is 0. The molecule has 84 valence electrons. The highest BCUT2D eigenvalue weighted by Crippen LogP contribution is 2.58. The topological polar surface area (TPSA) is 78.6 Å². The maximum Gasteiger partial charge on any atom is 0.326 e. The van der Waals surface area contributed by atoms with E-state index >= 15 is 0 Å². The van der Waals surface area contributed by atoms with E-state index in [9.17, 15) is 9.59 Å². The smallest absolute Gasteiger partial charge is 0.326 e. The number of hydrogen-bond acceptors (Lipinski definition) is 5. The Hall–Kier alpha value is -1.10. The molecular weight excluding hydrogens is 198 g/mol. The van der Waals surface area contributed by atoms with Crippen LogP contribution >= 0.6 is 0 Å². The quantitative estimate of drug-likeness (QED) is 0.636. The van der Waals surface area contributed by atoms with Crippen LogP contribution in [0.1, 0.15) is 12.8 Å². The van der Waals surface area contributed by atoms with Gasteiger partial charge < -0.3 is 15.2 Å². The van der Waals surface area contributed by atoms with Gasteiger partial charge in [-0.3, -0.25) is 9.59 Å². The average Bonchev–Trinajstić information content (AvgIpc) is 2.69. The van der Waals surface area contributed by atoms with Gasteiger partial charge in [0.25, 0.3) is 0 Å². The number of rotatable bonds is 2. The third kappa shape index (κ3) is 1.19. The lowest BCUT2D eigenvalue weighted by Crippen LogP contribution is -2.53. The van der Waals surface area contributed by atoms with Crippen molar-refractivity contribution in [2.45, 2.75) is 18.4 Å². The normalized spacial score (nSPS) is 41.9. The molecule has 5 heteroatoms.